The summed E-state index contributed by atoms with van der Waals surface area (Å²) >= 11 is 0. The minimum atomic E-state index is 0.156. The Morgan fingerprint density at radius 2 is 1.80 bits per heavy atom. The highest BCUT2D eigenvalue weighted by molar-refractivity contribution is 5.22. The van der Waals surface area contributed by atoms with Crippen molar-refractivity contribution in [3.8, 4) is 0 Å². The average Bonchev–Trinajstić information content (AvgIpc) is 2.31. The molecule has 1 heterocycles. The first-order chi connectivity index (χ1) is 7.38. The quantitative estimate of drug-likeness (QED) is 0.749. The van der Waals surface area contributed by atoms with Crippen molar-refractivity contribution in [1.29, 1.82) is 0 Å². The number of rotatable bonds is 3. The molecule has 0 radical (unpaired) electrons. The molecule has 1 fully saturated rings. The molecule has 2 N–H and O–H groups in total. The van der Waals surface area contributed by atoms with E-state index in [9.17, 15) is 0 Å². The fraction of sp³-hybridized carbons (Fsp3) is 0.538. The van der Waals surface area contributed by atoms with Gasteiger partial charge in [-0.05, 0) is 30.9 Å². The number of hydrogen-bond donors (Lipinski definition) is 2. The Bertz CT molecular complexity index is 305. The van der Waals surface area contributed by atoms with Gasteiger partial charge in [0.15, 0.2) is 0 Å². The molecule has 15 heavy (non-hydrogen) atoms. The fourth-order valence-electron chi connectivity index (χ4n) is 2.36. The third kappa shape index (κ3) is 3.05. The maximum Gasteiger partial charge on any atom is 0.103 e. The molecular formula is C13H20NO+. The second-order valence-electron chi connectivity index (χ2n) is 4.47. The number of nitrogens with one attached hydrogen (secondary N) is 1. The molecule has 2 nitrogen and oxygen atoms in total. The van der Waals surface area contributed by atoms with Gasteiger partial charge in [-0.1, -0.05) is 18.2 Å². The van der Waals surface area contributed by atoms with Crippen molar-refractivity contribution in [2.45, 2.75) is 32.4 Å². The number of hydrogen-bond acceptors (Lipinski definition) is 1. The minimum Gasteiger partial charge on any atom is -0.392 e. The first-order valence-corrected chi connectivity index (χ1v) is 5.91. The van der Waals surface area contributed by atoms with E-state index < -0.39 is 0 Å². The fourth-order valence-corrected chi connectivity index (χ4v) is 2.36. The molecule has 1 saturated heterocycles. The summed E-state index contributed by atoms with van der Waals surface area (Å²) in [6.07, 6.45) is 4.14. The Morgan fingerprint density at radius 1 is 1.07 bits per heavy atom. The summed E-state index contributed by atoms with van der Waals surface area (Å²) in [5.74, 6) is 0. The van der Waals surface area contributed by atoms with Gasteiger partial charge >= 0.3 is 0 Å². The molecule has 2 rings (SSSR count). The van der Waals surface area contributed by atoms with Gasteiger partial charge in [0, 0.05) is 5.56 Å². The van der Waals surface area contributed by atoms with Crippen LogP contribution in [0.4, 0.5) is 0 Å². The monoisotopic (exact) mass is 206 g/mol. The molecule has 0 spiro atoms. The summed E-state index contributed by atoms with van der Waals surface area (Å²) in [6.45, 7) is 3.89. The SMILES string of the molecule is OCc1cccc(C[NH+]2CCCCC2)c1. The molecule has 82 valence electrons. The van der Waals surface area contributed by atoms with Gasteiger partial charge in [0.25, 0.3) is 0 Å². The predicted octanol–water partition coefficient (Wildman–Crippen LogP) is 0.748. The smallest absolute Gasteiger partial charge is 0.103 e. The maximum atomic E-state index is 9.06. The van der Waals surface area contributed by atoms with E-state index in [4.69, 9.17) is 5.11 Å². The van der Waals surface area contributed by atoms with E-state index in [0.29, 0.717) is 0 Å². The van der Waals surface area contributed by atoms with Crippen LogP contribution < -0.4 is 4.90 Å². The van der Waals surface area contributed by atoms with E-state index in [0.717, 1.165) is 12.1 Å². The van der Waals surface area contributed by atoms with Gasteiger partial charge in [0.1, 0.15) is 6.54 Å². The zero-order valence-electron chi connectivity index (χ0n) is 9.21. The third-order valence-electron chi connectivity index (χ3n) is 3.19. The molecule has 0 aromatic heterocycles. The van der Waals surface area contributed by atoms with Gasteiger partial charge in [0.05, 0.1) is 19.7 Å². The summed E-state index contributed by atoms with van der Waals surface area (Å²) in [5.41, 5.74) is 2.39. The van der Waals surface area contributed by atoms with Crippen LogP contribution in [-0.4, -0.2) is 18.2 Å². The second-order valence-corrected chi connectivity index (χ2v) is 4.47. The van der Waals surface area contributed by atoms with Crippen LogP contribution in [0.15, 0.2) is 24.3 Å². The highest BCUT2D eigenvalue weighted by Gasteiger charge is 2.13. The number of piperidine rings is 1. The Morgan fingerprint density at radius 3 is 2.53 bits per heavy atom. The molecule has 2 heteroatoms. The maximum absolute atomic E-state index is 9.06. The number of likely N-dealkylation sites (tertiary alicyclic amines) is 1. The lowest BCUT2D eigenvalue weighted by Gasteiger charge is -2.23. The lowest BCUT2D eigenvalue weighted by molar-refractivity contribution is -0.918. The van der Waals surface area contributed by atoms with Crippen molar-refractivity contribution in [2.24, 2.45) is 0 Å². The molecule has 0 unspecified atom stereocenters. The topological polar surface area (TPSA) is 24.7 Å². The minimum absolute atomic E-state index is 0.156. The largest absolute Gasteiger partial charge is 0.392 e. The second kappa shape index (κ2) is 5.29. The standard InChI is InChI=1S/C13H19NO/c15-11-13-6-4-5-12(9-13)10-14-7-2-1-3-8-14/h4-6,9,15H,1-3,7-8,10-11H2/p+1. The Labute approximate surface area is 91.5 Å². The first-order valence-electron chi connectivity index (χ1n) is 5.91. The van der Waals surface area contributed by atoms with Crippen LogP contribution in [0.5, 0.6) is 0 Å². The zero-order valence-corrected chi connectivity index (χ0v) is 9.21. The van der Waals surface area contributed by atoms with E-state index in [1.165, 1.54) is 37.9 Å². The van der Waals surface area contributed by atoms with Gasteiger partial charge in [-0.3, -0.25) is 0 Å². The van der Waals surface area contributed by atoms with Crippen LogP contribution in [0.3, 0.4) is 0 Å². The summed E-state index contributed by atoms with van der Waals surface area (Å²) in [7, 11) is 0. The molecule has 0 saturated carbocycles. The lowest BCUT2D eigenvalue weighted by Crippen LogP contribution is -3.11. The van der Waals surface area contributed by atoms with E-state index in [2.05, 4.69) is 12.1 Å². The molecule has 0 amide bonds. The highest BCUT2D eigenvalue weighted by Crippen LogP contribution is 2.04. The Kier molecular flexibility index (Phi) is 3.75. The van der Waals surface area contributed by atoms with Crippen LogP contribution in [0.1, 0.15) is 30.4 Å². The van der Waals surface area contributed by atoms with Gasteiger partial charge in [0.2, 0.25) is 0 Å². The first kappa shape index (κ1) is 10.7. The van der Waals surface area contributed by atoms with Crippen LogP contribution in [-0.2, 0) is 13.2 Å². The molecule has 1 aromatic carbocycles. The summed E-state index contributed by atoms with van der Waals surface area (Å²) in [4.78, 5) is 1.69. The third-order valence-corrected chi connectivity index (χ3v) is 3.19. The van der Waals surface area contributed by atoms with E-state index in [1.807, 2.05) is 12.1 Å². The number of aliphatic hydroxyl groups is 1. The zero-order chi connectivity index (χ0) is 10.5. The summed E-state index contributed by atoms with van der Waals surface area (Å²) in [6, 6.07) is 8.32. The van der Waals surface area contributed by atoms with Crippen molar-refractivity contribution in [3.05, 3.63) is 35.4 Å². The summed E-state index contributed by atoms with van der Waals surface area (Å²) in [5, 5.41) is 9.06. The Balaban J connectivity index is 1.96. The van der Waals surface area contributed by atoms with Crippen molar-refractivity contribution >= 4 is 0 Å². The van der Waals surface area contributed by atoms with E-state index >= 15 is 0 Å². The summed E-state index contributed by atoms with van der Waals surface area (Å²) < 4.78 is 0. The van der Waals surface area contributed by atoms with Crippen molar-refractivity contribution in [3.63, 3.8) is 0 Å². The molecule has 1 aliphatic heterocycles. The van der Waals surface area contributed by atoms with E-state index in [-0.39, 0.29) is 6.61 Å². The van der Waals surface area contributed by atoms with Crippen molar-refractivity contribution < 1.29 is 10.0 Å². The van der Waals surface area contributed by atoms with Crippen LogP contribution in [0.2, 0.25) is 0 Å². The molecule has 0 atom stereocenters. The molecule has 0 aliphatic carbocycles. The predicted molar refractivity (Wildman–Crippen MR) is 60.6 cm³/mol. The number of quaternary nitrogens is 1. The van der Waals surface area contributed by atoms with Gasteiger partial charge in [-0.25, -0.2) is 0 Å². The van der Waals surface area contributed by atoms with Crippen molar-refractivity contribution in [1.82, 2.24) is 0 Å². The Hall–Kier alpha value is -0.860. The van der Waals surface area contributed by atoms with E-state index in [1.54, 1.807) is 4.90 Å². The van der Waals surface area contributed by atoms with Gasteiger partial charge in [-0.15, -0.1) is 0 Å². The molecule has 1 aliphatic rings. The molecule has 0 bridgehead atoms. The average molecular weight is 206 g/mol. The number of benzene rings is 1. The number of aliphatic hydroxyl groups excluding tert-OH is 1. The molecule has 1 aromatic rings. The van der Waals surface area contributed by atoms with Crippen LogP contribution >= 0.6 is 0 Å². The highest BCUT2D eigenvalue weighted by atomic mass is 16.3. The van der Waals surface area contributed by atoms with Gasteiger partial charge < -0.3 is 10.0 Å². The van der Waals surface area contributed by atoms with Crippen LogP contribution in [0, 0.1) is 0 Å². The van der Waals surface area contributed by atoms with Crippen molar-refractivity contribution in [2.75, 3.05) is 13.1 Å². The lowest BCUT2D eigenvalue weighted by atomic mass is 10.1. The van der Waals surface area contributed by atoms with Crippen LogP contribution in [0.25, 0.3) is 0 Å². The van der Waals surface area contributed by atoms with Gasteiger partial charge in [-0.2, -0.15) is 0 Å². The molecular weight excluding hydrogens is 186 g/mol. The normalized spacial score (nSPS) is 17.9.